The van der Waals surface area contributed by atoms with Gasteiger partial charge in [0.15, 0.2) is 11.3 Å². The summed E-state index contributed by atoms with van der Waals surface area (Å²) >= 11 is 8.89. The number of ketones is 1. The predicted octanol–water partition coefficient (Wildman–Crippen LogP) is 9.73. The number of ether oxygens (including phenoxy) is 3. The summed E-state index contributed by atoms with van der Waals surface area (Å²) < 4.78 is 20.5. The fraction of sp³-hybridized carbons (Fsp3) is 0.220. The Balaban J connectivity index is 0.000000285. The number of aromatic amines is 5. The van der Waals surface area contributed by atoms with Gasteiger partial charge in [0.05, 0.1) is 80.6 Å². The molecule has 1 aromatic carbocycles. The van der Waals surface area contributed by atoms with Crippen molar-refractivity contribution in [3.8, 4) is 23.0 Å². The zero-order valence-electron chi connectivity index (χ0n) is 49.2. The summed E-state index contributed by atoms with van der Waals surface area (Å²) in [6.07, 6.45) is 2.77. The number of anilines is 2. The van der Waals surface area contributed by atoms with Gasteiger partial charge in [-0.15, -0.1) is 0 Å². The van der Waals surface area contributed by atoms with Crippen LogP contribution in [0, 0.1) is 77.9 Å². The molecule has 9 rings (SSSR count). The zero-order chi connectivity index (χ0) is 67.0. The number of hydrogen-bond acceptors (Lipinski definition) is 18. The molecule has 0 bridgehead atoms. The number of nitro groups is 1. The molecule has 11 N–H and O–H groups in total. The number of aromatic hydroxyl groups is 1. The third kappa shape index (κ3) is 20.7. The van der Waals surface area contributed by atoms with Gasteiger partial charge in [0.2, 0.25) is 0 Å². The first-order valence-corrected chi connectivity index (χ1v) is 26.6. The zero-order valence-corrected chi connectivity index (χ0v) is 51.5. The maximum Gasteiger partial charge on any atom is 0.291 e. The summed E-state index contributed by atoms with van der Waals surface area (Å²) in [6, 6.07) is 14.0. The number of pyridine rings is 6. The molecule has 0 atom stereocenters. The van der Waals surface area contributed by atoms with Crippen molar-refractivity contribution in [2.24, 2.45) is 5.73 Å². The molecule has 0 spiro atoms. The maximum absolute atomic E-state index is 12.2. The largest absolute Gasteiger partial charge is 0.519 e. The first kappa shape index (κ1) is 71.9. The number of nitrogens with two attached hydrogens (primary N) is 2. The van der Waals surface area contributed by atoms with Crippen molar-refractivity contribution in [2.45, 2.75) is 67.5 Å². The Hall–Kier alpha value is -11.4. The number of nitro benzene ring substituents is 1. The number of aryl methyl sites for hydroxylation is 6. The molecule has 7 aromatic heterocycles. The Bertz CT molecular complexity index is 4320. The average molecular weight is 1300 g/mol. The van der Waals surface area contributed by atoms with Crippen LogP contribution in [0.1, 0.15) is 58.2 Å². The highest BCUT2D eigenvalue weighted by Crippen LogP contribution is 2.34. The van der Waals surface area contributed by atoms with Gasteiger partial charge in [0, 0.05) is 76.0 Å². The number of fused-ring (bicyclic) bond motifs is 1. The van der Waals surface area contributed by atoms with Crippen LogP contribution >= 0.6 is 27.5 Å². The highest BCUT2D eigenvalue weighted by molar-refractivity contribution is 9.10. The number of carbonyl (C=O) groups excluding carboxylic acids is 1. The van der Waals surface area contributed by atoms with E-state index in [1.54, 1.807) is 77.9 Å². The van der Waals surface area contributed by atoms with E-state index in [2.05, 4.69) is 77.1 Å². The first-order chi connectivity index (χ1) is 42.0. The van der Waals surface area contributed by atoms with Gasteiger partial charge in [-0.3, -0.25) is 38.9 Å². The van der Waals surface area contributed by atoms with Crippen molar-refractivity contribution in [1.29, 1.82) is 0 Å². The second kappa shape index (κ2) is 33.9. The molecule has 1 aliphatic rings. The molecule has 0 aliphatic heterocycles. The number of rotatable bonds is 8. The Kier molecular flexibility index (Phi) is 27.4. The number of nitrogens with zero attached hydrogens (tertiary/aromatic N) is 6. The normalized spacial score (nSPS) is 10.5. The standard InChI is InChI=1S/C17H15BrN4O4.C8H8N2O2.C8H12N2O2.C7H5ClN2O.2C7H6N2O2.C5H6O/c1-9-5-15(26-2)13(17(23)21-9)8-20-16-12-6-10(18)7-14(22(24)25)11(12)3-4-19-16;1-5-4-6(12-3)7(9-2)8(11)10-5;1-5-3-7(12-2)6(4-9)8(11)10-5;1-4-3-5(8)6(9-2)7(11)10-4;1-4-3-5(10)6(9-2)7(8)11-4;1-4-3-5(10)6(8-2)7(11)9-4;1-4-2-5(6)3-4/h3-7H,8H2,1-2H3,(H,19,20)(H,21,23);4H,1,3H3,(H,10,11);3H,4,9H2,1-2H3,(H,10,11);3H,1H3,(H,10,11);3H,8H2,1H3;3H,1H3,(H2,9,10,11);1-3H2. The number of nitrogen functional groups attached to an aromatic ring is 1. The van der Waals surface area contributed by atoms with E-state index in [9.17, 15) is 43.7 Å². The predicted molar refractivity (Wildman–Crippen MR) is 339 cm³/mol. The average Bonchev–Trinajstić information content (AvgIpc) is 3.47. The van der Waals surface area contributed by atoms with Crippen LogP contribution in [0.4, 0.5) is 40.1 Å². The van der Waals surface area contributed by atoms with Crippen LogP contribution in [0.25, 0.3) is 30.2 Å². The van der Waals surface area contributed by atoms with Gasteiger partial charge in [0.25, 0.3) is 56.2 Å². The summed E-state index contributed by atoms with van der Waals surface area (Å²) in [5, 5.41) is 24.7. The third-order valence-electron chi connectivity index (χ3n) is 11.5. The Morgan fingerprint density at radius 2 is 1.15 bits per heavy atom. The SMILES string of the molecule is C=C1CC(=O)C1.COc1cc(C)[nH]c(=O)c1CN.COc1cc(C)[nH]c(=O)c1CNc1nccc2c([N+](=O)[O-])cc(Br)cc12.[C-]#[N+]c1c(Cl)cc(C)[nH]c1=O.[C-]#[N+]c1c(N)oc(C)cc1=O.[C-]#[N+]c1c(O)cc(C)[nH]c1=O.[C-]#[N+]c1c(OC)cc(C)[nH]c1=O. The molecule has 8 aromatic rings. The van der Waals surface area contributed by atoms with E-state index in [-0.39, 0.29) is 74.7 Å². The van der Waals surface area contributed by atoms with Gasteiger partial charge < -0.3 is 70.2 Å². The van der Waals surface area contributed by atoms with Crippen LogP contribution in [0.5, 0.6) is 23.0 Å². The van der Waals surface area contributed by atoms with E-state index in [4.69, 9.17) is 73.1 Å². The number of halogens is 2. The molecule has 0 radical (unpaired) electrons. The molecule has 30 heteroatoms. The van der Waals surface area contributed by atoms with Crippen molar-refractivity contribution in [2.75, 3.05) is 32.4 Å². The molecule has 0 saturated heterocycles. The van der Waals surface area contributed by atoms with Crippen molar-refractivity contribution in [1.82, 2.24) is 29.9 Å². The van der Waals surface area contributed by atoms with Crippen LogP contribution in [0.3, 0.4) is 0 Å². The molecular formula is C59H58BrClN14O14. The molecule has 89 heavy (non-hydrogen) atoms. The molecule has 28 nitrogen and oxygen atoms in total. The van der Waals surface area contributed by atoms with Crippen LogP contribution in [-0.4, -0.2) is 67.0 Å². The Morgan fingerprint density at radius 3 is 1.58 bits per heavy atom. The summed E-state index contributed by atoms with van der Waals surface area (Å²) in [6.45, 7) is 40.6. The lowest BCUT2D eigenvalue weighted by Crippen LogP contribution is -2.18. The van der Waals surface area contributed by atoms with Crippen LogP contribution in [0.2, 0.25) is 5.02 Å². The lowest BCUT2D eigenvalue weighted by molar-refractivity contribution is -0.383. The van der Waals surface area contributed by atoms with Gasteiger partial charge in [-0.05, 0) is 84.0 Å². The lowest BCUT2D eigenvalue weighted by Gasteiger charge is -2.12. The van der Waals surface area contributed by atoms with Gasteiger partial charge in [-0.1, -0.05) is 39.7 Å². The van der Waals surface area contributed by atoms with Gasteiger partial charge >= 0.3 is 0 Å². The maximum atomic E-state index is 12.2. The fourth-order valence-corrected chi connectivity index (χ4v) is 8.20. The minimum Gasteiger partial charge on any atom is -0.519 e. The number of allylic oxidation sites excluding steroid dienone is 1. The number of H-pyrrole nitrogens is 5. The first-order valence-electron chi connectivity index (χ1n) is 25.4. The summed E-state index contributed by atoms with van der Waals surface area (Å²) in [5.74, 6) is 2.16. The number of nitrogens with one attached hydrogen (secondary N) is 6. The van der Waals surface area contributed by atoms with E-state index < -0.39 is 21.6 Å². The second-order valence-electron chi connectivity index (χ2n) is 18.4. The van der Waals surface area contributed by atoms with E-state index >= 15 is 0 Å². The number of methoxy groups -OCH3 is 3. The molecule has 0 amide bonds. The molecule has 462 valence electrons. The van der Waals surface area contributed by atoms with Crippen LogP contribution in [-0.2, 0) is 17.9 Å². The fourth-order valence-electron chi connectivity index (χ4n) is 7.46. The number of benzene rings is 1. The van der Waals surface area contributed by atoms with E-state index in [1.165, 1.54) is 45.7 Å². The summed E-state index contributed by atoms with van der Waals surface area (Å²) in [7, 11) is 4.45. The number of non-ortho nitro benzene ring substituents is 1. The van der Waals surface area contributed by atoms with E-state index in [0.717, 1.165) is 11.3 Å². The topological polar surface area (TPSA) is 397 Å². The molecule has 0 unspecified atom stereocenters. The van der Waals surface area contributed by atoms with Gasteiger partial charge in [-0.2, -0.15) is 0 Å². The number of carbonyl (C=O) groups is 1. The smallest absolute Gasteiger partial charge is 0.291 e. The number of hydrogen-bond donors (Lipinski definition) is 9. The summed E-state index contributed by atoms with van der Waals surface area (Å²) in [5.41, 5.74) is 13.3. The van der Waals surface area contributed by atoms with Crippen molar-refractivity contribution < 1.29 is 33.5 Å². The minimum absolute atomic E-state index is 0.00287. The molecule has 1 fully saturated rings. The van der Waals surface area contributed by atoms with Gasteiger partial charge in [-0.25, -0.2) is 24.4 Å². The van der Waals surface area contributed by atoms with Gasteiger partial charge in [0.1, 0.15) is 40.4 Å². The summed E-state index contributed by atoms with van der Waals surface area (Å²) in [4.78, 5) is 117. The Morgan fingerprint density at radius 1 is 0.685 bits per heavy atom. The third-order valence-corrected chi connectivity index (χ3v) is 12.3. The van der Waals surface area contributed by atoms with Crippen molar-refractivity contribution >= 4 is 84.2 Å². The van der Waals surface area contributed by atoms with Crippen molar-refractivity contribution in [3.63, 3.8) is 0 Å². The molecule has 1 saturated carbocycles. The number of aromatic nitrogens is 6. The second-order valence-corrected chi connectivity index (χ2v) is 19.7. The highest BCUT2D eigenvalue weighted by Gasteiger charge is 2.18. The van der Waals surface area contributed by atoms with E-state index in [0.29, 0.717) is 96.6 Å². The Labute approximate surface area is 519 Å². The molecule has 1 aliphatic carbocycles. The van der Waals surface area contributed by atoms with Crippen LogP contribution < -0.4 is 64.2 Å². The number of Topliss-reactive ketones (excluding diaryl/α,β-unsaturated/α-hetero) is 1. The highest BCUT2D eigenvalue weighted by atomic mass is 79.9. The quantitative estimate of drug-likeness (QED) is 0.0295. The monoisotopic (exact) mass is 1300 g/mol. The molecule has 7 heterocycles. The lowest BCUT2D eigenvalue weighted by atomic mass is 9.93. The minimum atomic E-state index is -0.544. The van der Waals surface area contributed by atoms with Crippen molar-refractivity contribution in [3.05, 3.63) is 246 Å². The van der Waals surface area contributed by atoms with Crippen LogP contribution in [0.15, 0.2) is 111 Å². The van der Waals surface area contributed by atoms with E-state index in [1.807, 2.05) is 0 Å². The molecular weight excluding hydrogens is 1240 g/mol.